The number of aliphatic carboxylic acids is 1. The van der Waals surface area contributed by atoms with E-state index in [1.807, 2.05) is 0 Å². The average molecular weight is 316 g/mol. The molecule has 0 bridgehead atoms. The monoisotopic (exact) mass is 316 g/mol. The maximum Gasteiger partial charge on any atom is 0.387 e. The first-order chi connectivity index (χ1) is 10.3. The van der Waals surface area contributed by atoms with E-state index in [1.165, 1.54) is 31.2 Å². The van der Waals surface area contributed by atoms with E-state index >= 15 is 0 Å². The van der Waals surface area contributed by atoms with Gasteiger partial charge in [-0.2, -0.15) is 8.78 Å². The number of benzene rings is 1. The molecule has 22 heavy (non-hydrogen) atoms. The summed E-state index contributed by atoms with van der Waals surface area (Å²) in [6.45, 7) is -2.33. The minimum absolute atomic E-state index is 0.165. The topological polar surface area (TPSA) is 105 Å². The van der Waals surface area contributed by atoms with Gasteiger partial charge < -0.3 is 20.5 Å². The third-order valence-corrected chi connectivity index (χ3v) is 2.51. The minimum Gasteiger partial charge on any atom is -0.480 e. The molecule has 1 rings (SSSR count). The molecule has 1 aromatic rings. The molecule has 2 amide bonds. The molecule has 0 aliphatic carbocycles. The predicted octanol–water partition coefficient (Wildman–Crippen LogP) is 0.607. The highest BCUT2D eigenvalue weighted by molar-refractivity contribution is 5.99. The number of para-hydroxylation sites is 1. The zero-order valence-electron chi connectivity index (χ0n) is 11.5. The number of halogens is 2. The smallest absolute Gasteiger partial charge is 0.387 e. The van der Waals surface area contributed by atoms with Crippen LogP contribution in [0.3, 0.4) is 0 Å². The van der Waals surface area contributed by atoms with Crippen molar-refractivity contribution in [2.75, 3.05) is 6.54 Å². The van der Waals surface area contributed by atoms with Gasteiger partial charge in [-0.1, -0.05) is 12.1 Å². The van der Waals surface area contributed by atoms with E-state index in [1.54, 1.807) is 0 Å². The first kappa shape index (κ1) is 17.3. The molecule has 0 radical (unpaired) electrons. The summed E-state index contributed by atoms with van der Waals surface area (Å²) < 4.78 is 28.6. The number of carboxylic acids is 1. The van der Waals surface area contributed by atoms with Gasteiger partial charge in [0.1, 0.15) is 11.8 Å². The van der Waals surface area contributed by atoms with Gasteiger partial charge in [-0.25, -0.2) is 0 Å². The molecule has 120 valence electrons. The molecule has 0 aliphatic heterocycles. The molecule has 1 unspecified atom stereocenters. The fraction of sp³-hybridized carbons (Fsp3) is 0.308. The van der Waals surface area contributed by atoms with Gasteiger partial charge in [0.25, 0.3) is 5.91 Å². The summed E-state index contributed by atoms with van der Waals surface area (Å²) in [6, 6.07) is 4.19. The lowest BCUT2D eigenvalue weighted by Crippen LogP contribution is -2.44. The second-order valence-corrected chi connectivity index (χ2v) is 4.18. The van der Waals surface area contributed by atoms with Crippen LogP contribution in [0.1, 0.15) is 17.3 Å². The van der Waals surface area contributed by atoms with Crippen LogP contribution in [-0.4, -0.2) is 42.1 Å². The van der Waals surface area contributed by atoms with Gasteiger partial charge in [0.05, 0.1) is 12.1 Å². The number of hydrogen-bond acceptors (Lipinski definition) is 4. The summed E-state index contributed by atoms with van der Waals surface area (Å²) >= 11 is 0. The van der Waals surface area contributed by atoms with Gasteiger partial charge in [-0.15, -0.1) is 0 Å². The third kappa shape index (κ3) is 5.35. The molecule has 0 fully saturated rings. The first-order valence-corrected chi connectivity index (χ1v) is 6.15. The Morgan fingerprint density at radius 1 is 1.27 bits per heavy atom. The standard InChI is InChI=1S/C13H14F2N2O5/c1-7(12(20)21)17-10(18)6-16-11(19)8-4-2-3-5-9(8)22-13(14)15/h2-5,7,13H,6H2,1H3,(H,16,19)(H,17,18)(H,20,21). The number of carboxylic acid groups (broad SMARTS) is 1. The van der Waals surface area contributed by atoms with E-state index in [0.717, 1.165) is 0 Å². The normalized spacial score (nSPS) is 11.6. The van der Waals surface area contributed by atoms with Gasteiger partial charge in [-0.05, 0) is 19.1 Å². The van der Waals surface area contributed by atoms with Crippen molar-refractivity contribution in [2.45, 2.75) is 19.6 Å². The fourth-order valence-corrected chi connectivity index (χ4v) is 1.46. The van der Waals surface area contributed by atoms with E-state index in [9.17, 15) is 23.2 Å². The Bertz CT molecular complexity index is 565. The Morgan fingerprint density at radius 2 is 1.91 bits per heavy atom. The summed E-state index contributed by atoms with van der Waals surface area (Å²) in [5, 5.41) is 12.9. The Balaban J connectivity index is 2.63. The highest BCUT2D eigenvalue weighted by Crippen LogP contribution is 2.19. The number of carbonyl (C=O) groups excluding carboxylic acids is 2. The molecule has 0 saturated heterocycles. The number of nitrogens with one attached hydrogen (secondary N) is 2. The van der Waals surface area contributed by atoms with Gasteiger partial charge in [0, 0.05) is 0 Å². The van der Waals surface area contributed by atoms with Crippen LogP contribution in [0.15, 0.2) is 24.3 Å². The van der Waals surface area contributed by atoms with Crippen molar-refractivity contribution in [1.82, 2.24) is 10.6 Å². The zero-order valence-corrected chi connectivity index (χ0v) is 11.5. The van der Waals surface area contributed by atoms with Crippen molar-refractivity contribution < 1.29 is 33.0 Å². The number of ether oxygens (including phenoxy) is 1. The SMILES string of the molecule is CC(NC(=O)CNC(=O)c1ccccc1OC(F)F)C(=O)O. The molecule has 1 aromatic carbocycles. The van der Waals surface area contributed by atoms with E-state index in [-0.39, 0.29) is 11.3 Å². The largest absolute Gasteiger partial charge is 0.480 e. The molecular formula is C13H14F2N2O5. The molecule has 0 aromatic heterocycles. The zero-order chi connectivity index (χ0) is 16.7. The first-order valence-electron chi connectivity index (χ1n) is 6.15. The molecule has 0 spiro atoms. The molecule has 0 saturated carbocycles. The lowest BCUT2D eigenvalue weighted by Gasteiger charge is -2.12. The van der Waals surface area contributed by atoms with Crippen LogP contribution in [0.5, 0.6) is 5.75 Å². The quantitative estimate of drug-likeness (QED) is 0.683. The summed E-state index contributed by atoms with van der Waals surface area (Å²) in [7, 11) is 0. The Kier molecular flexibility index (Phi) is 6.24. The second-order valence-electron chi connectivity index (χ2n) is 4.18. The fourth-order valence-electron chi connectivity index (χ4n) is 1.46. The van der Waals surface area contributed by atoms with Gasteiger partial charge in [0.15, 0.2) is 0 Å². The molecule has 7 nitrogen and oxygen atoms in total. The lowest BCUT2D eigenvalue weighted by atomic mass is 10.2. The van der Waals surface area contributed by atoms with Gasteiger partial charge in [0.2, 0.25) is 5.91 Å². The summed E-state index contributed by atoms with van der Waals surface area (Å²) in [6.07, 6.45) is 0. The van der Waals surface area contributed by atoms with Crippen molar-refractivity contribution >= 4 is 17.8 Å². The molecule has 9 heteroatoms. The highest BCUT2D eigenvalue weighted by Gasteiger charge is 2.17. The van der Waals surface area contributed by atoms with Crippen molar-refractivity contribution in [3.63, 3.8) is 0 Å². The molecule has 3 N–H and O–H groups in total. The Labute approximate surface area is 124 Å². The van der Waals surface area contributed by atoms with E-state index < -0.39 is 37.0 Å². The van der Waals surface area contributed by atoms with Crippen LogP contribution in [0.25, 0.3) is 0 Å². The average Bonchev–Trinajstić information content (AvgIpc) is 2.44. The van der Waals surface area contributed by atoms with Crippen LogP contribution in [0.4, 0.5) is 8.78 Å². The molecular weight excluding hydrogens is 302 g/mol. The van der Waals surface area contributed by atoms with Gasteiger partial charge >= 0.3 is 12.6 Å². The van der Waals surface area contributed by atoms with Crippen molar-refractivity contribution in [1.29, 1.82) is 0 Å². The summed E-state index contributed by atoms with van der Waals surface area (Å²) in [5.41, 5.74) is -0.165. The van der Waals surface area contributed by atoms with Crippen molar-refractivity contribution in [3.05, 3.63) is 29.8 Å². The third-order valence-electron chi connectivity index (χ3n) is 2.51. The number of rotatable bonds is 7. The molecule has 0 aliphatic rings. The Hall–Kier alpha value is -2.71. The van der Waals surface area contributed by atoms with E-state index in [0.29, 0.717) is 0 Å². The number of hydrogen-bond donors (Lipinski definition) is 3. The minimum atomic E-state index is -3.09. The maximum absolute atomic E-state index is 12.2. The van der Waals surface area contributed by atoms with Crippen LogP contribution >= 0.6 is 0 Å². The Morgan fingerprint density at radius 3 is 2.50 bits per heavy atom. The number of alkyl halides is 2. The van der Waals surface area contributed by atoms with Crippen LogP contribution in [-0.2, 0) is 9.59 Å². The number of carbonyl (C=O) groups is 3. The van der Waals surface area contributed by atoms with Crippen LogP contribution in [0.2, 0.25) is 0 Å². The second kappa shape index (κ2) is 7.91. The highest BCUT2D eigenvalue weighted by atomic mass is 19.3. The summed E-state index contributed by atoms with van der Waals surface area (Å²) in [4.78, 5) is 33.8. The molecule has 1 atom stereocenters. The maximum atomic E-state index is 12.2. The predicted molar refractivity (Wildman–Crippen MR) is 70.6 cm³/mol. The van der Waals surface area contributed by atoms with Crippen LogP contribution < -0.4 is 15.4 Å². The van der Waals surface area contributed by atoms with E-state index in [4.69, 9.17) is 5.11 Å². The molecule has 0 heterocycles. The number of amides is 2. The van der Waals surface area contributed by atoms with Gasteiger partial charge in [-0.3, -0.25) is 14.4 Å². The van der Waals surface area contributed by atoms with Crippen molar-refractivity contribution in [2.24, 2.45) is 0 Å². The summed E-state index contributed by atoms with van der Waals surface area (Å²) in [5.74, 6) is -3.07. The van der Waals surface area contributed by atoms with Crippen LogP contribution in [0, 0.1) is 0 Å². The lowest BCUT2D eigenvalue weighted by molar-refractivity contribution is -0.141. The van der Waals surface area contributed by atoms with E-state index in [2.05, 4.69) is 15.4 Å². The van der Waals surface area contributed by atoms with Crippen molar-refractivity contribution in [3.8, 4) is 5.75 Å².